The minimum atomic E-state index is -4.06. The third kappa shape index (κ3) is 8.69. The van der Waals surface area contributed by atoms with Crippen molar-refractivity contribution in [2.75, 3.05) is 12.8 Å². The Bertz CT molecular complexity index is 135. The van der Waals surface area contributed by atoms with Gasteiger partial charge in [0.15, 0.2) is 0 Å². The first-order valence-electron chi connectivity index (χ1n) is 4.87. The third-order valence-corrected chi connectivity index (χ3v) is 2.93. The summed E-state index contributed by atoms with van der Waals surface area (Å²) in [4.78, 5) is 0. The zero-order valence-electron chi connectivity index (χ0n) is 8.66. The van der Waals surface area contributed by atoms with E-state index in [2.05, 4.69) is 12.2 Å². The van der Waals surface area contributed by atoms with Crippen LogP contribution in [-0.2, 0) is 0 Å². The Balaban J connectivity index is 3.29. The largest absolute Gasteiger partial charge is 0.441 e. The van der Waals surface area contributed by atoms with Crippen LogP contribution in [0.15, 0.2) is 0 Å². The Morgan fingerprint density at radius 3 is 2.36 bits per heavy atom. The fraction of sp³-hybridized carbons (Fsp3) is 1.00. The van der Waals surface area contributed by atoms with Crippen molar-refractivity contribution in [1.82, 2.24) is 5.32 Å². The van der Waals surface area contributed by atoms with Crippen LogP contribution in [-0.4, -0.2) is 24.4 Å². The summed E-state index contributed by atoms with van der Waals surface area (Å²) >= 11 is 0.0800. The number of halogens is 3. The van der Waals surface area contributed by atoms with Gasteiger partial charge in [-0.1, -0.05) is 25.1 Å². The fourth-order valence-corrected chi connectivity index (χ4v) is 1.81. The lowest BCUT2D eigenvalue weighted by Gasteiger charge is -2.13. The first-order chi connectivity index (χ1) is 6.49. The van der Waals surface area contributed by atoms with Gasteiger partial charge in [-0.2, -0.15) is 13.2 Å². The number of rotatable bonds is 7. The van der Waals surface area contributed by atoms with Crippen molar-refractivity contribution in [3.63, 3.8) is 0 Å². The lowest BCUT2D eigenvalue weighted by Crippen LogP contribution is -2.23. The number of hydrogen-bond acceptors (Lipinski definition) is 2. The molecule has 0 aromatic rings. The van der Waals surface area contributed by atoms with Crippen molar-refractivity contribution >= 4 is 11.8 Å². The van der Waals surface area contributed by atoms with E-state index >= 15 is 0 Å². The van der Waals surface area contributed by atoms with Crippen LogP contribution in [0.5, 0.6) is 0 Å². The molecule has 0 amide bonds. The van der Waals surface area contributed by atoms with Gasteiger partial charge >= 0.3 is 5.51 Å². The van der Waals surface area contributed by atoms with E-state index in [0.29, 0.717) is 12.5 Å². The van der Waals surface area contributed by atoms with Crippen LogP contribution in [0.3, 0.4) is 0 Å². The highest BCUT2D eigenvalue weighted by molar-refractivity contribution is 8.00. The van der Waals surface area contributed by atoms with E-state index in [0.717, 1.165) is 19.3 Å². The van der Waals surface area contributed by atoms with Crippen molar-refractivity contribution in [1.29, 1.82) is 0 Å². The molecule has 86 valence electrons. The number of thioether (sulfide) groups is 1. The van der Waals surface area contributed by atoms with Crippen molar-refractivity contribution in [2.45, 2.75) is 44.2 Å². The summed E-state index contributed by atoms with van der Waals surface area (Å²) in [5.41, 5.74) is -4.06. The summed E-state index contributed by atoms with van der Waals surface area (Å²) in [6.07, 6.45) is 3.50. The number of unbranched alkanes of at least 4 members (excludes halogenated alkanes) is 1. The van der Waals surface area contributed by atoms with Crippen molar-refractivity contribution < 1.29 is 13.2 Å². The van der Waals surface area contributed by atoms with E-state index in [-0.39, 0.29) is 17.5 Å². The molecular formula is C9H18F3NS. The van der Waals surface area contributed by atoms with Gasteiger partial charge in [0.25, 0.3) is 0 Å². The maximum atomic E-state index is 11.7. The SMILES string of the molecule is CCC(CCCCSC(F)(F)F)NC. The first kappa shape index (κ1) is 14.1. The van der Waals surface area contributed by atoms with Crippen molar-refractivity contribution in [2.24, 2.45) is 0 Å². The van der Waals surface area contributed by atoms with Crippen LogP contribution in [0, 0.1) is 0 Å². The van der Waals surface area contributed by atoms with Gasteiger partial charge < -0.3 is 5.32 Å². The van der Waals surface area contributed by atoms with Gasteiger partial charge in [-0.25, -0.2) is 0 Å². The summed E-state index contributed by atoms with van der Waals surface area (Å²) in [5, 5.41) is 3.13. The smallest absolute Gasteiger partial charge is 0.317 e. The van der Waals surface area contributed by atoms with Crippen LogP contribution in [0.1, 0.15) is 32.6 Å². The van der Waals surface area contributed by atoms with Crippen molar-refractivity contribution in [3.05, 3.63) is 0 Å². The Hall–Kier alpha value is 0.1000. The van der Waals surface area contributed by atoms with Crippen LogP contribution in [0.4, 0.5) is 13.2 Å². The van der Waals surface area contributed by atoms with Crippen LogP contribution >= 0.6 is 11.8 Å². The van der Waals surface area contributed by atoms with Crippen molar-refractivity contribution in [3.8, 4) is 0 Å². The molecule has 0 aromatic carbocycles. The molecule has 0 fully saturated rings. The zero-order valence-corrected chi connectivity index (χ0v) is 9.47. The van der Waals surface area contributed by atoms with Gasteiger partial charge in [0.2, 0.25) is 0 Å². The highest BCUT2D eigenvalue weighted by atomic mass is 32.2. The number of hydrogen-bond donors (Lipinski definition) is 1. The molecule has 0 radical (unpaired) electrons. The van der Waals surface area contributed by atoms with E-state index < -0.39 is 5.51 Å². The van der Waals surface area contributed by atoms with Gasteiger partial charge in [0.1, 0.15) is 0 Å². The maximum absolute atomic E-state index is 11.7. The fourth-order valence-electron chi connectivity index (χ4n) is 1.23. The topological polar surface area (TPSA) is 12.0 Å². The number of nitrogens with one attached hydrogen (secondary N) is 1. The second-order valence-corrected chi connectivity index (χ2v) is 4.34. The molecule has 5 heteroatoms. The van der Waals surface area contributed by atoms with E-state index in [1.807, 2.05) is 7.05 Å². The molecule has 1 nitrogen and oxygen atoms in total. The van der Waals surface area contributed by atoms with E-state index in [1.165, 1.54) is 0 Å². The molecule has 0 aliphatic heterocycles. The lowest BCUT2D eigenvalue weighted by atomic mass is 10.1. The Morgan fingerprint density at radius 2 is 1.93 bits per heavy atom. The van der Waals surface area contributed by atoms with Crippen LogP contribution < -0.4 is 5.32 Å². The quantitative estimate of drug-likeness (QED) is 0.671. The normalized spacial score (nSPS) is 14.4. The third-order valence-electron chi connectivity index (χ3n) is 2.11. The molecule has 0 aliphatic carbocycles. The summed E-state index contributed by atoms with van der Waals surface area (Å²) in [6.45, 7) is 2.08. The minimum absolute atomic E-state index is 0.0800. The molecule has 1 N–H and O–H groups in total. The van der Waals surface area contributed by atoms with E-state index in [1.54, 1.807) is 0 Å². The Labute approximate surface area is 87.8 Å². The standard InChI is InChI=1S/C9H18F3NS/c1-3-8(13-2)6-4-5-7-14-9(10,11)12/h8,13H,3-7H2,1-2H3. The minimum Gasteiger partial charge on any atom is -0.317 e. The molecule has 0 heterocycles. The molecule has 1 unspecified atom stereocenters. The predicted molar refractivity (Wildman–Crippen MR) is 55.5 cm³/mol. The monoisotopic (exact) mass is 229 g/mol. The molecule has 0 bridgehead atoms. The second-order valence-electron chi connectivity index (χ2n) is 3.18. The summed E-state index contributed by atoms with van der Waals surface area (Å²) in [6, 6.07) is 0.450. The lowest BCUT2D eigenvalue weighted by molar-refractivity contribution is -0.0328. The summed E-state index contributed by atoms with van der Waals surface area (Å²) in [7, 11) is 1.89. The zero-order chi connectivity index (χ0) is 11.0. The predicted octanol–water partition coefficient (Wildman–Crippen LogP) is 3.41. The van der Waals surface area contributed by atoms with E-state index in [4.69, 9.17) is 0 Å². The van der Waals surface area contributed by atoms with Gasteiger partial charge in [0, 0.05) is 11.8 Å². The van der Waals surface area contributed by atoms with E-state index in [9.17, 15) is 13.2 Å². The Morgan fingerprint density at radius 1 is 1.29 bits per heavy atom. The van der Waals surface area contributed by atoms with Gasteiger partial charge in [-0.15, -0.1) is 0 Å². The van der Waals surface area contributed by atoms with Crippen LogP contribution in [0.25, 0.3) is 0 Å². The second kappa shape index (κ2) is 7.40. The van der Waals surface area contributed by atoms with Gasteiger partial charge in [-0.3, -0.25) is 0 Å². The molecule has 0 spiro atoms. The molecule has 1 atom stereocenters. The average Bonchev–Trinajstić information content (AvgIpc) is 2.09. The summed E-state index contributed by atoms with van der Waals surface area (Å²) < 4.78 is 35.2. The Kier molecular flexibility index (Phi) is 7.45. The molecule has 0 aliphatic rings. The molecule has 0 saturated heterocycles. The molecule has 0 rings (SSSR count). The molecule has 0 saturated carbocycles. The van der Waals surface area contributed by atoms with Crippen LogP contribution in [0.2, 0.25) is 0 Å². The maximum Gasteiger partial charge on any atom is 0.441 e. The molecule has 0 aromatic heterocycles. The highest BCUT2D eigenvalue weighted by Crippen LogP contribution is 2.30. The highest BCUT2D eigenvalue weighted by Gasteiger charge is 2.27. The first-order valence-corrected chi connectivity index (χ1v) is 5.86. The molecule has 14 heavy (non-hydrogen) atoms. The van der Waals surface area contributed by atoms with Gasteiger partial charge in [-0.05, 0) is 26.3 Å². The summed E-state index contributed by atoms with van der Waals surface area (Å²) in [5.74, 6) is 0.184. The molecular weight excluding hydrogens is 211 g/mol. The average molecular weight is 229 g/mol. The van der Waals surface area contributed by atoms with Gasteiger partial charge in [0.05, 0.1) is 0 Å². The number of alkyl halides is 3.